The van der Waals surface area contributed by atoms with Gasteiger partial charge in [0.25, 0.3) is 0 Å². The molecule has 0 spiro atoms. The van der Waals surface area contributed by atoms with Gasteiger partial charge >= 0.3 is 5.69 Å². The molecule has 0 fully saturated rings. The number of imidazole rings is 1. The minimum atomic E-state index is -0.444. The van der Waals surface area contributed by atoms with Crippen LogP contribution in [0.15, 0.2) is 84.0 Å². The lowest BCUT2D eigenvalue weighted by molar-refractivity contribution is 0.253. The van der Waals surface area contributed by atoms with E-state index in [2.05, 4.69) is 9.97 Å². The number of pyridine rings is 2. The van der Waals surface area contributed by atoms with Crippen molar-refractivity contribution in [2.45, 2.75) is 12.8 Å². The van der Waals surface area contributed by atoms with Crippen molar-refractivity contribution in [3.8, 4) is 39.7 Å². The summed E-state index contributed by atoms with van der Waals surface area (Å²) in [5.41, 5.74) is 4.37. The molecule has 0 atom stereocenters. The van der Waals surface area contributed by atoms with Gasteiger partial charge in [0, 0.05) is 30.0 Å². The van der Waals surface area contributed by atoms with Gasteiger partial charge in [0.1, 0.15) is 5.75 Å². The van der Waals surface area contributed by atoms with Crippen LogP contribution < -0.4 is 10.4 Å². The summed E-state index contributed by atoms with van der Waals surface area (Å²) in [7, 11) is 0. The van der Waals surface area contributed by atoms with Gasteiger partial charge in [-0.05, 0) is 48.2 Å². The van der Waals surface area contributed by atoms with E-state index in [0.717, 1.165) is 35.3 Å². The Balaban J connectivity index is 1.44. The molecule has 8 nitrogen and oxygen atoms in total. The molecule has 0 aliphatic heterocycles. The predicted octanol–water partition coefficient (Wildman–Crippen LogP) is 4.30. The van der Waals surface area contributed by atoms with Crippen LogP contribution in [0.5, 0.6) is 11.6 Å². The summed E-state index contributed by atoms with van der Waals surface area (Å²) in [4.78, 5) is 23.7. The Bertz CT molecular complexity index is 1510. The van der Waals surface area contributed by atoms with Crippen molar-refractivity contribution in [1.82, 2.24) is 19.5 Å². The molecule has 8 heteroatoms. The van der Waals surface area contributed by atoms with E-state index in [1.165, 1.54) is 10.8 Å². The maximum atomic E-state index is 12.3. The second-order valence-electron chi connectivity index (χ2n) is 8.09. The Labute approximate surface area is 201 Å². The number of nitrogens with one attached hydrogen (secondary N) is 1. The normalized spacial score (nSPS) is 11.1. The number of H-pyrrole nitrogens is 1. The summed E-state index contributed by atoms with van der Waals surface area (Å²) in [5.74, 6) is 0.613. The minimum absolute atomic E-state index is 0.179. The van der Waals surface area contributed by atoms with Gasteiger partial charge in [0.05, 0.1) is 29.7 Å². The molecular formula is C27H24N4O4. The lowest BCUT2D eigenvalue weighted by Crippen LogP contribution is -2.15. The molecule has 3 aromatic heterocycles. The maximum Gasteiger partial charge on any atom is 0.333 e. The molecule has 5 rings (SSSR count). The highest BCUT2D eigenvalue weighted by Crippen LogP contribution is 2.30. The van der Waals surface area contributed by atoms with Gasteiger partial charge < -0.3 is 19.9 Å². The number of rotatable bonds is 8. The first-order chi connectivity index (χ1) is 17.1. The zero-order chi connectivity index (χ0) is 24.2. The predicted molar refractivity (Wildman–Crippen MR) is 134 cm³/mol. The molecule has 0 aliphatic rings. The SMILES string of the molecule is O=c1[nH]cc(O)n1-c1cc(-c2ccc(-c3ccc(OCCCCO)cc3)cc2)nc2ccncc12. The fourth-order valence-electron chi connectivity index (χ4n) is 3.96. The molecular weight excluding hydrogens is 444 g/mol. The van der Waals surface area contributed by atoms with Crippen LogP contribution in [0.2, 0.25) is 0 Å². The van der Waals surface area contributed by atoms with Crippen LogP contribution in [0.25, 0.3) is 39.0 Å². The number of aromatic amines is 1. The van der Waals surface area contributed by atoms with E-state index in [1.54, 1.807) is 24.5 Å². The lowest BCUT2D eigenvalue weighted by atomic mass is 10.0. The number of benzene rings is 2. The zero-order valence-corrected chi connectivity index (χ0v) is 18.9. The molecule has 0 amide bonds. The number of fused-ring (bicyclic) bond motifs is 1. The number of aliphatic hydroxyl groups excluding tert-OH is 1. The van der Waals surface area contributed by atoms with Crippen molar-refractivity contribution < 1.29 is 14.9 Å². The first-order valence-electron chi connectivity index (χ1n) is 11.3. The van der Waals surface area contributed by atoms with Gasteiger partial charge in [-0.3, -0.25) is 4.98 Å². The fourth-order valence-corrected chi connectivity index (χ4v) is 3.96. The smallest absolute Gasteiger partial charge is 0.333 e. The molecule has 0 saturated heterocycles. The fraction of sp³-hybridized carbons (Fsp3) is 0.148. The average molecular weight is 469 g/mol. The van der Waals surface area contributed by atoms with Gasteiger partial charge in [-0.1, -0.05) is 36.4 Å². The third-order valence-corrected chi connectivity index (χ3v) is 5.78. The number of aromatic nitrogens is 4. The Kier molecular flexibility index (Phi) is 6.28. The third kappa shape index (κ3) is 4.64. The highest BCUT2D eigenvalue weighted by molar-refractivity contribution is 5.89. The van der Waals surface area contributed by atoms with Gasteiger partial charge in [-0.2, -0.15) is 0 Å². The van der Waals surface area contributed by atoms with Crippen molar-refractivity contribution in [2.24, 2.45) is 0 Å². The van der Waals surface area contributed by atoms with Gasteiger partial charge in [-0.25, -0.2) is 14.3 Å². The monoisotopic (exact) mass is 468 g/mol. The molecule has 0 unspecified atom stereocenters. The van der Waals surface area contributed by atoms with Gasteiger partial charge in [0.15, 0.2) is 0 Å². The van der Waals surface area contributed by atoms with Crippen LogP contribution in [-0.2, 0) is 0 Å². The van der Waals surface area contributed by atoms with Gasteiger partial charge in [-0.15, -0.1) is 0 Å². The Morgan fingerprint density at radius 1 is 0.943 bits per heavy atom. The van der Waals surface area contributed by atoms with Crippen molar-refractivity contribution in [3.05, 3.63) is 89.7 Å². The van der Waals surface area contributed by atoms with Crippen LogP contribution in [0.4, 0.5) is 0 Å². The summed E-state index contributed by atoms with van der Waals surface area (Å²) < 4.78 is 6.91. The number of aliphatic hydroxyl groups is 1. The number of aromatic hydroxyl groups is 1. The van der Waals surface area contributed by atoms with Crippen molar-refractivity contribution in [3.63, 3.8) is 0 Å². The van der Waals surface area contributed by atoms with Gasteiger partial charge in [0.2, 0.25) is 5.88 Å². The number of hydrogen-bond acceptors (Lipinski definition) is 6. The van der Waals surface area contributed by atoms with Crippen molar-refractivity contribution in [2.75, 3.05) is 13.2 Å². The van der Waals surface area contributed by atoms with Crippen LogP contribution in [0.1, 0.15) is 12.8 Å². The standard InChI is InChI=1S/C27H24N4O4/c32-13-1-2-14-35-21-9-7-19(8-10-21)18-3-5-20(6-4-18)24-15-25(31-26(33)17-29-27(31)34)22-16-28-12-11-23(22)30-24/h3-12,15-17,32-33H,1-2,13-14H2,(H,29,34). The molecule has 0 aliphatic carbocycles. The number of unbranched alkanes of at least 4 members (excludes halogenated alkanes) is 1. The summed E-state index contributed by atoms with van der Waals surface area (Å²) in [6, 6.07) is 19.4. The molecule has 0 bridgehead atoms. The Hall–Kier alpha value is -4.43. The lowest BCUT2D eigenvalue weighted by Gasteiger charge is -2.11. The molecule has 0 radical (unpaired) electrons. The highest BCUT2D eigenvalue weighted by atomic mass is 16.5. The first-order valence-corrected chi connectivity index (χ1v) is 11.3. The van der Waals surface area contributed by atoms with Crippen molar-refractivity contribution >= 4 is 10.9 Å². The molecule has 2 aromatic carbocycles. The average Bonchev–Trinajstić information content (AvgIpc) is 3.24. The highest BCUT2D eigenvalue weighted by Gasteiger charge is 2.14. The minimum Gasteiger partial charge on any atom is -0.494 e. The van der Waals surface area contributed by atoms with E-state index in [1.807, 2.05) is 48.5 Å². The van der Waals surface area contributed by atoms with E-state index < -0.39 is 5.69 Å². The molecule has 3 heterocycles. The van der Waals surface area contributed by atoms with Crippen LogP contribution in [-0.4, -0.2) is 42.9 Å². The largest absolute Gasteiger partial charge is 0.494 e. The Morgan fingerprint density at radius 2 is 1.66 bits per heavy atom. The van der Waals surface area contributed by atoms with Crippen LogP contribution >= 0.6 is 0 Å². The summed E-state index contributed by atoms with van der Waals surface area (Å²) in [6.07, 6.45) is 6.08. The number of ether oxygens (including phenoxy) is 1. The Morgan fingerprint density at radius 3 is 2.34 bits per heavy atom. The van der Waals surface area contributed by atoms with E-state index in [0.29, 0.717) is 28.9 Å². The van der Waals surface area contributed by atoms with Crippen LogP contribution in [0.3, 0.4) is 0 Å². The summed E-state index contributed by atoms with van der Waals surface area (Å²) >= 11 is 0. The third-order valence-electron chi connectivity index (χ3n) is 5.78. The summed E-state index contributed by atoms with van der Waals surface area (Å²) in [5, 5.41) is 19.7. The number of hydrogen-bond donors (Lipinski definition) is 3. The first kappa shape index (κ1) is 22.4. The van der Waals surface area contributed by atoms with E-state index in [-0.39, 0.29) is 12.5 Å². The molecule has 5 aromatic rings. The molecule has 3 N–H and O–H groups in total. The molecule has 0 saturated carbocycles. The molecule has 176 valence electrons. The second-order valence-corrected chi connectivity index (χ2v) is 8.09. The second kappa shape index (κ2) is 9.82. The summed E-state index contributed by atoms with van der Waals surface area (Å²) in [6.45, 7) is 0.761. The topological polar surface area (TPSA) is 113 Å². The van der Waals surface area contributed by atoms with E-state index in [9.17, 15) is 9.90 Å². The molecule has 35 heavy (non-hydrogen) atoms. The maximum absolute atomic E-state index is 12.3. The van der Waals surface area contributed by atoms with Crippen LogP contribution in [0, 0.1) is 0 Å². The quantitative estimate of drug-likeness (QED) is 0.293. The van der Waals surface area contributed by atoms with E-state index in [4.69, 9.17) is 14.8 Å². The zero-order valence-electron chi connectivity index (χ0n) is 18.9. The van der Waals surface area contributed by atoms with E-state index >= 15 is 0 Å². The number of nitrogens with zero attached hydrogens (tertiary/aromatic N) is 3. The van der Waals surface area contributed by atoms with Crippen molar-refractivity contribution in [1.29, 1.82) is 0 Å².